The normalized spacial score (nSPS) is 20.5. The van der Waals surface area contributed by atoms with E-state index in [0.29, 0.717) is 13.1 Å². The summed E-state index contributed by atoms with van der Waals surface area (Å²) in [6.07, 6.45) is 4.41. The third kappa shape index (κ3) is 3.83. The number of carbonyl (C=O) groups is 2. The molecule has 0 radical (unpaired) electrons. The first-order valence-corrected chi connectivity index (χ1v) is 9.22. The maximum Gasteiger partial charge on any atom is 0.225 e. The van der Waals surface area contributed by atoms with Gasteiger partial charge in [0.05, 0.1) is 0 Å². The van der Waals surface area contributed by atoms with Gasteiger partial charge in [-0.25, -0.2) is 4.98 Å². The van der Waals surface area contributed by atoms with Crippen molar-refractivity contribution in [1.82, 2.24) is 14.8 Å². The van der Waals surface area contributed by atoms with Crippen molar-refractivity contribution in [2.24, 2.45) is 5.92 Å². The molecule has 0 spiro atoms. The van der Waals surface area contributed by atoms with E-state index >= 15 is 0 Å². The van der Waals surface area contributed by atoms with Crippen molar-refractivity contribution in [3.05, 3.63) is 11.6 Å². The van der Waals surface area contributed by atoms with Gasteiger partial charge in [0, 0.05) is 63.7 Å². The summed E-state index contributed by atoms with van der Waals surface area (Å²) in [5.41, 5.74) is 0. The molecule has 2 aliphatic heterocycles. The van der Waals surface area contributed by atoms with Crippen molar-refractivity contribution in [2.75, 3.05) is 44.2 Å². The molecule has 2 aliphatic rings. The maximum atomic E-state index is 12.8. The second-order valence-corrected chi connectivity index (χ2v) is 7.13. The van der Waals surface area contributed by atoms with Crippen molar-refractivity contribution in [3.8, 4) is 0 Å². The second-order valence-electron chi connectivity index (χ2n) is 6.26. The van der Waals surface area contributed by atoms with Gasteiger partial charge in [-0.15, -0.1) is 11.3 Å². The largest absolute Gasteiger partial charge is 0.346 e. The third-order valence-corrected chi connectivity index (χ3v) is 5.62. The lowest BCUT2D eigenvalue weighted by atomic mass is 9.95. The number of anilines is 1. The maximum absolute atomic E-state index is 12.8. The highest BCUT2D eigenvalue weighted by molar-refractivity contribution is 7.13. The van der Waals surface area contributed by atoms with Crippen LogP contribution in [0.4, 0.5) is 5.13 Å². The summed E-state index contributed by atoms with van der Waals surface area (Å²) in [5, 5.41) is 3.04. The van der Waals surface area contributed by atoms with Crippen molar-refractivity contribution >= 4 is 28.3 Å². The van der Waals surface area contributed by atoms with Gasteiger partial charge in [0.25, 0.3) is 0 Å². The molecule has 1 aromatic rings. The fourth-order valence-corrected chi connectivity index (χ4v) is 4.10. The van der Waals surface area contributed by atoms with E-state index < -0.39 is 0 Å². The molecular formula is C16H24N4O2S. The Labute approximate surface area is 141 Å². The number of aromatic nitrogens is 1. The van der Waals surface area contributed by atoms with Crippen molar-refractivity contribution in [3.63, 3.8) is 0 Å². The van der Waals surface area contributed by atoms with Gasteiger partial charge in [0.15, 0.2) is 5.13 Å². The molecule has 2 amide bonds. The molecule has 6 nitrogen and oxygen atoms in total. The first kappa shape index (κ1) is 16.2. The third-order valence-electron chi connectivity index (χ3n) is 4.79. The Kier molecular flexibility index (Phi) is 5.15. The minimum absolute atomic E-state index is 0.0806. The fourth-order valence-electron chi connectivity index (χ4n) is 3.40. The Hall–Kier alpha value is -1.63. The van der Waals surface area contributed by atoms with Crippen molar-refractivity contribution in [1.29, 1.82) is 0 Å². The molecule has 23 heavy (non-hydrogen) atoms. The molecular weight excluding hydrogens is 312 g/mol. The number of rotatable bonds is 2. The Morgan fingerprint density at radius 3 is 2.52 bits per heavy atom. The topological polar surface area (TPSA) is 56.8 Å². The van der Waals surface area contributed by atoms with Crippen LogP contribution in [-0.4, -0.2) is 65.9 Å². The van der Waals surface area contributed by atoms with Crippen molar-refractivity contribution < 1.29 is 9.59 Å². The molecule has 2 fully saturated rings. The zero-order valence-electron chi connectivity index (χ0n) is 13.6. The molecule has 1 aromatic heterocycles. The molecule has 126 valence electrons. The smallest absolute Gasteiger partial charge is 0.225 e. The van der Waals surface area contributed by atoms with Gasteiger partial charge in [-0.1, -0.05) is 0 Å². The molecule has 0 bridgehead atoms. The van der Waals surface area contributed by atoms with E-state index in [1.807, 2.05) is 21.4 Å². The minimum Gasteiger partial charge on any atom is -0.346 e. The number of amides is 2. The molecule has 0 saturated carbocycles. The predicted molar refractivity (Wildman–Crippen MR) is 90.5 cm³/mol. The van der Waals surface area contributed by atoms with Crippen LogP contribution >= 0.6 is 11.3 Å². The molecule has 0 atom stereocenters. The molecule has 0 aromatic carbocycles. The molecule has 7 heteroatoms. The van der Waals surface area contributed by atoms with Crippen LogP contribution < -0.4 is 4.90 Å². The highest BCUT2D eigenvalue weighted by Gasteiger charge is 2.30. The lowest BCUT2D eigenvalue weighted by Gasteiger charge is -2.33. The van der Waals surface area contributed by atoms with Crippen LogP contribution in [0.5, 0.6) is 0 Å². The average molecular weight is 336 g/mol. The summed E-state index contributed by atoms with van der Waals surface area (Å²) >= 11 is 1.65. The Balaban J connectivity index is 1.53. The number of hydrogen-bond acceptors (Lipinski definition) is 5. The Bertz CT molecular complexity index is 540. The van der Waals surface area contributed by atoms with E-state index in [9.17, 15) is 9.59 Å². The van der Waals surface area contributed by atoms with E-state index in [0.717, 1.165) is 50.6 Å². The number of thiazole rings is 1. The van der Waals surface area contributed by atoms with Crippen LogP contribution in [0.2, 0.25) is 0 Å². The standard InChI is InChI=1S/C16H24N4O2S/c1-13(21)18-8-3-14(4-9-18)15(22)19-6-2-7-20(11-10-19)16-17-5-12-23-16/h5,12,14H,2-4,6-11H2,1H3. The summed E-state index contributed by atoms with van der Waals surface area (Å²) in [4.78, 5) is 34.7. The minimum atomic E-state index is 0.0806. The molecule has 0 N–H and O–H groups in total. The fraction of sp³-hybridized carbons (Fsp3) is 0.688. The van der Waals surface area contributed by atoms with Crippen LogP contribution in [0.15, 0.2) is 11.6 Å². The number of nitrogens with zero attached hydrogens (tertiary/aromatic N) is 4. The first-order chi connectivity index (χ1) is 11.1. The average Bonchev–Trinajstić information content (AvgIpc) is 2.99. The number of hydrogen-bond donors (Lipinski definition) is 0. The van der Waals surface area contributed by atoms with E-state index in [4.69, 9.17) is 0 Å². The highest BCUT2D eigenvalue weighted by atomic mass is 32.1. The van der Waals surface area contributed by atoms with Crippen LogP contribution in [-0.2, 0) is 9.59 Å². The number of likely N-dealkylation sites (tertiary alicyclic amines) is 1. The van der Waals surface area contributed by atoms with Gasteiger partial charge in [-0.3, -0.25) is 9.59 Å². The lowest BCUT2D eigenvalue weighted by molar-refractivity contribution is -0.139. The van der Waals surface area contributed by atoms with E-state index in [1.54, 1.807) is 18.3 Å². The quantitative estimate of drug-likeness (QED) is 0.820. The van der Waals surface area contributed by atoms with Gasteiger partial charge in [-0.2, -0.15) is 0 Å². The van der Waals surface area contributed by atoms with E-state index in [2.05, 4.69) is 9.88 Å². The number of piperidine rings is 1. The first-order valence-electron chi connectivity index (χ1n) is 8.34. The number of carbonyl (C=O) groups excluding carboxylic acids is 2. The molecule has 3 heterocycles. The molecule has 0 unspecified atom stereocenters. The van der Waals surface area contributed by atoms with Gasteiger partial charge in [0.2, 0.25) is 11.8 Å². The van der Waals surface area contributed by atoms with E-state index in [1.165, 1.54) is 0 Å². The second kappa shape index (κ2) is 7.29. The van der Waals surface area contributed by atoms with E-state index in [-0.39, 0.29) is 17.7 Å². The molecule has 3 rings (SSSR count). The SMILES string of the molecule is CC(=O)N1CCC(C(=O)N2CCCN(c3nccs3)CC2)CC1. The van der Waals surface area contributed by atoms with Crippen LogP contribution in [0, 0.1) is 5.92 Å². The molecule has 0 aliphatic carbocycles. The van der Waals surface area contributed by atoms with Gasteiger partial charge < -0.3 is 14.7 Å². The monoisotopic (exact) mass is 336 g/mol. The van der Waals surface area contributed by atoms with Crippen LogP contribution in [0.1, 0.15) is 26.2 Å². The zero-order chi connectivity index (χ0) is 16.2. The zero-order valence-corrected chi connectivity index (χ0v) is 14.4. The summed E-state index contributed by atoms with van der Waals surface area (Å²) in [5.74, 6) is 0.468. The van der Waals surface area contributed by atoms with Crippen molar-refractivity contribution in [2.45, 2.75) is 26.2 Å². The predicted octanol–water partition coefficient (Wildman–Crippen LogP) is 1.44. The Morgan fingerprint density at radius 2 is 1.87 bits per heavy atom. The van der Waals surface area contributed by atoms with Gasteiger partial charge in [0.1, 0.15) is 0 Å². The molecule has 2 saturated heterocycles. The van der Waals surface area contributed by atoms with Gasteiger partial charge in [-0.05, 0) is 19.3 Å². The Morgan fingerprint density at radius 1 is 1.09 bits per heavy atom. The summed E-state index contributed by atoms with van der Waals surface area (Å²) < 4.78 is 0. The summed E-state index contributed by atoms with van der Waals surface area (Å²) in [7, 11) is 0. The lowest BCUT2D eigenvalue weighted by Crippen LogP contribution is -2.44. The van der Waals surface area contributed by atoms with Gasteiger partial charge >= 0.3 is 0 Å². The summed E-state index contributed by atoms with van der Waals surface area (Å²) in [6, 6.07) is 0. The summed E-state index contributed by atoms with van der Waals surface area (Å²) in [6.45, 7) is 6.43. The van der Waals surface area contributed by atoms with Crippen LogP contribution in [0.3, 0.4) is 0 Å². The highest BCUT2D eigenvalue weighted by Crippen LogP contribution is 2.22. The van der Waals surface area contributed by atoms with Crippen LogP contribution in [0.25, 0.3) is 0 Å².